The smallest absolute Gasteiger partial charge is 0.179 e. The Morgan fingerprint density at radius 3 is 2.81 bits per heavy atom. The molecule has 0 aliphatic carbocycles. The standard InChI is InChI=1S/C5H10FN.C5H7N3O/c6-5-2-1-3-7-4-5;1-9-4-2-7-3-8-5(4)6/h5,7H,1-4H2;2-3H,1H3,(H2,6,7,8). The summed E-state index contributed by atoms with van der Waals surface area (Å²) in [4.78, 5) is 7.39. The normalized spacial score (nSPS) is 19.5. The van der Waals surface area contributed by atoms with Crippen molar-refractivity contribution in [1.82, 2.24) is 15.3 Å². The molecule has 0 saturated carbocycles. The maximum atomic E-state index is 12.1. The third-order valence-corrected chi connectivity index (χ3v) is 2.16. The van der Waals surface area contributed by atoms with Crippen molar-refractivity contribution in [3.8, 4) is 5.75 Å². The van der Waals surface area contributed by atoms with Crippen LogP contribution >= 0.6 is 0 Å². The average Bonchev–Trinajstić information content (AvgIpc) is 2.31. The molecule has 6 heteroatoms. The molecular formula is C10H17FN4O. The van der Waals surface area contributed by atoms with Crippen LogP contribution in [0.25, 0.3) is 0 Å². The molecule has 1 aliphatic rings. The van der Waals surface area contributed by atoms with Gasteiger partial charge in [-0.05, 0) is 19.4 Å². The fraction of sp³-hybridized carbons (Fsp3) is 0.600. The summed E-state index contributed by atoms with van der Waals surface area (Å²) in [6.45, 7) is 1.57. The van der Waals surface area contributed by atoms with Crippen LogP contribution in [0.2, 0.25) is 0 Å². The van der Waals surface area contributed by atoms with E-state index in [1.165, 1.54) is 19.6 Å². The predicted molar refractivity (Wildman–Crippen MR) is 60.0 cm³/mol. The van der Waals surface area contributed by atoms with Crippen molar-refractivity contribution in [3.63, 3.8) is 0 Å². The summed E-state index contributed by atoms with van der Waals surface area (Å²) < 4.78 is 16.9. The SMILES string of the molecule is COc1cncnc1N.FC1CCCNC1. The predicted octanol–water partition coefficient (Wildman–Crippen LogP) is 0.775. The zero-order valence-corrected chi connectivity index (χ0v) is 9.32. The van der Waals surface area contributed by atoms with Crippen molar-refractivity contribution in [2.45, 2.75) is 19.0 Å². The maximum Gasteiger partial charge on any atom is 0.179 e. The summed E-state index contributed by atoms with van der Waals surface area (Å²) in [7, 11) is 1.52. The third-order valence-electron chi connectivity index (χ3n) is 2.16. The number of hydrogen-bond acceptors (Lipinski definition) is 5. The minimum absolute atomic E-state index is 0.368. The molecule has 0 spiro atoms. The average molecular weight is 228 g/mol. The molecule has 3 N–H and O–H groups in total. The molecule has 1 aromatic heterocycles. The van der Waals surface area contributed by atoms with Crippen molar-refractivity contribution >= 4 is 5.82 Å². The van der Waals surface area contributed by atoms with Gasteiger partial charge in [0, 0.05) is 6.54 Å². The Bertz CT molecular complexity index is 305. The fourth-order valence-corrected chi connectivity index (χ4v) is 1.29. The van der Waals surface area contributed by atoms with Crippen LogP contribution in [0.3, 0.4) is 0 Å². The molecule has 0 aromatic carbocycles. The Labute approximate surface area is 94.2 Å². The number of halogens is 1. The van der Waals surface area contributed by atoms with Crippen LogP contribution in [-0.2, 0) is 0 Å². The molecule has 0 bridgehead atoms. The maximum absolute atomic E-state index is 12.1. The number of piperidine rings is 1. The van der Waals surface area contributed by atoms with Crippen LogP contribution in [0.4, 0.5) is 10.2 Å². The molecule has 16 heavy (non-hydrogen) atoms. The van der Waals surface area contributed by atoms with E-state index in [1.54, 1.807) is 0 Å². The van der Waals surface area contributed by atoms with Crippen LogP contribution in [0, 0.1) is 0 Å². The second kappa shape index (κ2) is 6.95. The second-order valence-corrected chi connectivity index (χ2v) is 3.42. The first kappa shape index (κ1) is 12.6. The molecule has 2 rings (SSSR count). The van der Waals surface area contributed by atoms with Gasteiger partial charge in [-0.25, -0.2) is 14.4 Å². The van der Waals surface area contributed by atoms with E-state index in [1.807, 2.05) is 0 Å². The quantitative estimate of drug-likeness (QED) is 0.743. The highest BCUT2D eigenvalue weighted by molar-refractivity contribution is 5.42. The molecule has 1 atom stereocenters. The highest BCUT2D eigenvalue weighted by atomic mass is 19.1. The number of nitrogens with one attached hydrogen (secondary N) is 1. The van der Waals surface area contributed by atoms with E-state index >= 15 is 0 Å². The number of alkyl halides is 1. The zero-order chi connectivity index (χ0) is 11.8. The molecule has 1 fully saturated rings. The summed E-state index contributed by atoms with van der Waals surface area (Å²) in [5.74, 6) is 0.880. The van der Waals surface area contributed by atoms with E-state index in [2.05, 4.69) is 15.3 Å². The van der Waals surface area contributed by atoms with Gasteiger partial charge in [0.1, 0.15) is 12.5 Å². The first-order valence-corrected chi connectivity index (χ1v) is 5.18. The number of ether oxygens (including phenoxy) is 1. The van der Waals surface area contributed by atoms with E-state index < -0.39 is 6.17 Å². The number of nitrogens with zero attached hydrogens (tertiary/aromatic N) is 2. The lowest BCUT2D eigenvalue weighted by Gasteiger charge is -2.14. The lowest BCUT2D eigenvalue weighted by molar-refractivity contribution is 0.266. The fourth-order valence-electron chi connectivity index (χ4n) is 1.29. The number of anilines is 1. The summed E-state index contributed by atoms with van der Waals surface area (Å²) >= 11 is 0. The van der Waals surface area contributed by atoms with Gasteiger partial charge in [0.05, 0.1) is 13.3 Å². The van der Waals surface area contributed by atoms with Gasteiger partial charge in [-0.1, -0.05) is 0 Å². The van der Waals surface area contributed by atoms with E-state index in [4.69, 9.17) is 10.5 Å². The van der Waals surface area contributed by atoms with Crippen molar-refractivity contribution in [1.29, 1.82) is 0 Å². The minimum atomic E-state index is -0.575. The van der Waals surface area contributed by atoms with Crippen LogP contribution in [0.5, 0.6) is 5.75 Å². The Morgan fingerprint density at radius 2 is 2.44 bits per heavy atom. The van der Waals surface area contributed by atoms with E-state index in [0.29, 0.717) is 18.1 Å². The summed E-state index contributed by atoms with van der Waals surface area (Å²) in [6, 6.07) is 0. The molecule has 0 radical (unpaired) electrons. The van der Waals surface area contributed by atoms with Gasteiger partial charge in [0.25, 0.3) is 0 Å². The number of methoxy groups -OCH3 is 1. The number of nitrogen functional groups attached to an aromatic ring is 1. The lowest BCUT2D eigenvalue weighted by Crippen LogP contribution is -2.30. The molecule has 5 nitrogen and oxygen atoms in total. The topological polar surface area (TPSA) is 73.1 Å². The first-order valence-electron chi connectivity index (χ1n) is 5.18. The number of hydrogen-bond donors (Lipinski definition) is 2. The molecule has 1 aliphatic heterocycles. The van der Waals surface area contributed by atoms with Gasteiger partial charge in [0.15, 0.2) is 11.6 Å². The van der Waals surface area contributed by atoms with Crippen LogP contribution < -0.4 is 15.8 Å². The van der Waals surface area contributed by atoms with Gasteiger partial charge in [0.2, 0.25) is 0 Å². The Morgan fingerprint density at radius 1 is 1.62 bits per heavy atom. The van der Waals surface area contributed by atoms with Gasteiger partial charge < -0.3 is 15.8 Å². The Kier molecular flexibility index (Phi) is 5.49. The first-order chi connectivity index (χ1) is 7.74. The minimum Gasteiger partial charge on any atom is -0.491 e. The molecule has 1 aromatic rings. The Balaban J connectivity index is 0.000000165. The highest BCUT2D eigenvalue weighted by Gasteiger charge is 2.08. The van der Waals surface area contributed by atoms with Crippen LogP contribution in [0.15, 0.2) is 12.5 Å². The molecule has 1 saturated heterocycles. The van der Waals surface area contributed by atoms with Crippen LogP contribution in [0.1, 0.15) is 12.8 Å². The van der Waals surface area contributed by atoms with Gasteiger partial charge in [-0.3, -0.25) is 0 Å². The molecule has 0 amide bonds. The van der Waals surface area contributed by atoms with E-state index in [9.17, 15) is 4.39 Å². The Hall–Kier alpha value is -1.43. The van der Waals surface area contributed by atoms with Crippen molar-refractivity contribution in [2.24, 2.45) is 0 Å². The highest BCUT2D eigenvalue weighted by Crippen LogP contribution is 2.13. The lowest BCUT2D eigenvalue weighted by atomic mass is 10.1. The number of rotatable bonds is 1. The largest absolute Gasteiger partial charge is 0.491 e. The van der Waals surface area contributed by atoms with Gasteiger partial charge in [-0.15, -0.1) is 0 Å². The van der Waals surface area contributed by atoms with Crippen molar-refractivity contribution in [2.75, 3.05) is 25.9 Å². The second-order valence-electron chi connectivity index (χ2n) is 3.42. The number of nitrogens with two attached hydrogens (primary N) is 1. The number of aromatic nitrogens is 2. The van der Waals surface area contributed by atoms with Crippen molar-refractivity contribution < 1.29 is 9.13 Å². The molecule has 90 valence electrons. The summed E-state index contributed by atoms with van der Waals surface area (Å²) in [5, 5.41) is 2.96. The molecular weight excluding hydrogens is 211 g/mol. The molecule has 2 heterocycles. The van der Waals surface area contributed by atoms with Gasteiger partial charge in [-0.2, -0.15) is 0 Å². The zero-order valence-electron chi connectivity index (χ0n) is 9.32. The summed E-state index contributed by atoms with van der Waals surface area (Å²) in [5.41, 5.74) is 5.35. The van der Waals surface area contributed by atoms with E-state index in [0.717, 1.165) is 19.4 Å². The van der Waals surface area contributed by atoms with Crippen molar-refractivity contribution in [3.05, 3.63) is 12.5 Å². The van der Waals surface area contributed by atoms with Gasteiger partial charge >= 0.3 is 0 Å². The monoisotopic (exact) mass is 228 g/mol. The molecule has 1 unspecified atom stereocenters. The van der Waals surface area contributed by atoms with Crippen LogP contribution in [-0.4, -0.2) is 36.3 Å². The summed E-state index contributed by atoms with van der Waals surface area (Å²) in [6.07, 6.45) is 4.07. The third kappa shape index (κ3) is 4.39. The van der Waals surface area contributed by atoms with E-state index in [-0.39, 0.29) is 0 Å².